The first-order chi connectivity index (χ1) is 11.7. The summed E-state index contributed by atoms with van der Waals surface area (Å²) in [7, 11) is 0. The van der Waals surface area contributed by atoms with Gasteiger partial charge in [0, 0.05) is 32.0 Å². The Morgan fingerprint density at radius 3 is 2.96 bits per heavy atom. The predicted molar refractivity (Wildman–Crippen MR) is 86.9 cm³/mol. The first-order valence-corrected chi connectivity index (χ1v) is 8.08. The first-order valence-electron chi connectivity index (χ1n) is 8.08. The molecule has 3 rings (SSSR count). The molecule has 1 fully saturated rings. The van der Waals surface area contributed by atoms with E-state index in [0.717, 1.165) is 18.5 Å². The second-order valence-electron chi connectivity index (χ2n) is 5.74. The van der Waals surface area contributed by atoms with Gasteiger partial charge in [0.1, 0.15) is 11.9 Å². The smallest absolute Gasteiger partial charge is 0.317 e. The minimum Gasteiger partial charge on any atom is -0.370 e. The van der Waals surface area contributed by atoms with Crippen LogP contribution in [0.1, 0.15) is 18.1 Å². The summed E-state index contributed by atoms with van der Waals surface area (Å²) >= 11 is 0. The maximum Gasteiger partial charge on any atom is 0.317 e. The number of carbonyl (C=O) groups is 1. The van der Waals surface area contributed by atoms with Crippen molar-refractivity contribution in [3.8, 4) is 0 Å². The largest absolute Gasteiger partial charge is 0.370 e. The van der Waals surface area contributed by atoms with Crippen molar-refractivity contribution in [2.45, 2.75) is 19.1 Å². The van der Waals surface area contributed by atoms with Crippen LogP contribution in [-0.4, -0.2) is 46.7 Å². The van der Waals surface area contributed by atoms with Crippen molar-refractivity contribution in [1.82, 2.24) is 19.8 Å². The van der Waals surface area contributed by atoms with Crippen LogP contribution in [0.4, 0.5) is 9.18 Å². The van der Waals surface area contributed by atoms with E-state index in [9.17, 15) is 9.18 Å². The van der Waals surface area contributed by atoms with Crippen LogP contribution in [0.15, 0.2) is 43.0 Å². The van der Waals surface area contributed by atoms with Crippen molar-refractivity contribution >= 4 is 6.03 Å². The number of nitrogens with one attached hydrogen (secondary N) is 1. The molecule has 0 unspecified atom stereocenters. The molecule has 1 atom stereocenters. The summed E-state index contributed by atoms with van der Waals surface area (Å²) in [4.78, 5) is 18.0. The highest BCUT2D eigenvalue weighted by atomic mass is 19.1. The van der Waals surface area contributed by atoms with Gasteiger partial charge in [0.05, 0.1) is 19.5 Å². The average Bonchev–Trinajstić information content (AvgIpc) is 3.13. The molecule has 1 aliphatic rings. The third-order valence-corrected chi connectivity index (χ3v) is 4.02. The molecule has 0 saturated carbocycles. The highest BCUT2D eigenvalue weighted by Gasteiger charge is 2.25. The number of rotatable bonds is 5. The zero-order chi connectivity index (χ0) is 16.8. The van der Waals surface area contributed by atoms with Gasteiger partial charge >= 0.3 is 6.03 Å². The molecule has 2 amide bonds. The monoisotopic (exact) mass is 332 g/mol. The highest BCUT2D eigenvalue weighted by Crippen LogP contribution is 2.22. The molecule has 24 heavy (non-hydrogen) atoms. The van der Waals surface area contributed by atoms with Gasteiger partial charge in [-0.1, -0.05) is 12.1 Å². The van der Waals surface area contributed by atoms with Crippen LogP contribution in [0.3, 0.4) is 0 Å². The number of morpholine rings is 1. The fraction of sp³-hybridized carbons (Fsp3) is 0.412. The number of hydrogen-bond acceptors (Lipinski definition) is 3. The number of aryl methyl sites for hydroxylation is 1. The van der Waals surface area contributed by atoms with Gasteiger partial charge in [-0.3, -0.25) is 0 Å². The third-order valence-electron chi connectivity index (χ3n) is 4.02. The van der Waals surface area contributed by atoms with E-state index in [2.05, 4.69) is 10.3 Å². The van der Waals surface area contributed by atoms with Crippen LogP contribution in [0.5, 0.6) is 0 Å². The summed E-state index contributed by atoms with van der Waals surface area (Å²) in [6.45, 7) is 2.94. The molecule has 0 aliphatic carbocycles. The Bertz CT molecular complexity index is 645. The van der Waals surface area contributed by atoms with Gasteiger partial charge in [-0.2, -0.15) is 0 Å². The molecule has 1 saturated heterocycles. The molecule has 1 N–H and O–H groups in total. The number of urea groups is 1. The highest BCUT2D eigenvalue weighted by molar-refractivity contribution is 5.74. The topological polar surface area (TPSA) is 59.4 Å². The van der Waals surface area contributed by atoms with E-state index in [0.29, 0.717) is 26.2 Å². The zero-order valence-corrected chi connectivity index (χ0v) is 13.4. The average molecular weight is 332 g/mol. The van der Waals surface area contributed by atoms with Crippen molar-refractivity contribution in [2.75, 3.05) is 26.2 Å². The van der Waals surface area contributed by atoms with Crippen LogP contribution < -0.4 is 5.32 Å². The number of aromatic nitrogens is 2. The van der Waals surface area contributed by atoms with Gasteiger partial charge in [0.15, 0.2) is 0 Å². The van der Waals surface area contributed by atoms with Gasteiger partial charge in [-0.05, 0) is 24.1 Å². The molecule has 6 nitrogen and oxygen atoms in total. The van der Waals surface area contributed by atoms with Gasteiger partial charge in [-0.15, -0.1) is 0 Å². The Balaban J connectivity index is 1.45. The lowest BCUT2D eigenvalue weighted by atomic mass is 10.1. The van der Waals surface area contributed by atoms with Crippen LogP contribution >= 0.6 is 0 Å². The Labute approximate surface area is 140 Å². The van der Waals surface area contributed by atoms with Crippen LogP contribution in [0.25, 0.3) is 0 Å². The number of ether oxygens (including phenoxy) is 1. The Morgan fingerprint density at radius 2 is 2.21 bits per heavy atom. The summed E-state index contributed by atoms with van der Waals surface area (Å²) in [6.07, 6.45) is 6.03. The molecule has 128 valence electrons. The molecule has 1 aromatic carbocycles. The molecular formula is C17H21FN4O2. The quantitative estimate of drug-likeness (QED) is 0.854. The molecule has 1 aromatic heterocycles. The number of hydrogen-bond donors (Lipinski definition) is 1. The summed E-state index contributed by atoms with van der Waals surface area (Å²) in [5.74, 6) is -0.276. The number of carbonyl (C=O) groups excluding carboxylic acids is 1. The number of benzene rings is 1. The molecule has 2 heterocycles. The number of nitrogens with zero attached hydrogens (tertiary/aromatic N) is 3. The summed E-state index contributed by atoms with van der Waals surface area (Å²) in [5.41, 5.74) is 0.883. The second kappa shape index (κ2) is 7.92. The van der Waals surface area contributed by atoms with Gasteiger partial charge in [0.2, 0.25) is 0 Å². The van der Waals surface area contributed by atoms with E-state index in [1.165, 1.54) is 12.1 Å². The molecule has 0 bridgehead atoms. The van der Waals surface area contributed by atoms with E-state index < -0.39 is 0 Å². The van der Waals surface area contributed by atoms with Crippen LogP contribution in [0.2, 0.25) is 0 Å². The van der Waals surface area contributed by atoms with E-state index >= 15 is 0 Å². The Kier molecular flexibility index (Phi) is 5.43. The van der Waals surface area contributed by atoms with E-state index in [1.807, 2.05) is 10.8 Å². The number of halogens is 1. The van der Waals surface area contributed by atoms with Crippen molar-refractivity contribution in [3.05, 3.63) is 54.4 Å². The lowest BCUT2D eigenvalue weighted by molar-refractivity contribution is -0.0154. The standard InChI is InChI=1S/C17H21FN4O2/c18-15-4-2-14(3-5-15)16-12-22(10-11-24-16)17(23)20-6-1-8-21-9-7-19-13-21/h2-5,7,9,13,16H,1,6,8,10-12H2,(H,20,23)/t16-/m1/s1. The fourth-order valence-electron chi connectivity index (χ4n) is 2.70. The lowest BCUT2D eigenvalue weighted by Gasteiger charge is -2.33. The molecule has 1 aliphatic heterocycles. The van der Waals surface area contributed by atoms with E-state index in [4.69, 9.17) is 4.74 Å². The predicted octanol–water partition coefficient (Wildman–Crippen LogP) is 2.20. The van der Waals surface area contributed by atoms with Crippen molar-refractivity contribution in [1.29, 1.82) is 0 Å². The Morgan fingerprint density at radius 1 is 1.38 bits per heavy atom. The third kappa shape index (κ3) is 4.32. The fourth-order valence-corrected chi connectivity index (χ4v) is 2.70. The molecular weight excluding hydrogens is 311 g/mol. The molecule has 0 spiro atoms. The molecule has 2 aromatic rings. The normalized spacial score (nSPS) is 17.7. The minimum atomic E-state index is -0.276. The van der Waals surface area contributed by atoms with Gasteiger partial charge in [0.25, 0.3) is 0 Å². The summed E-state index contributed by atoms with van der Waals surface area (Å²) < 4.78 is 20.7. The maximum atomic E-state index is 13.0. The van der Waals surface area contributed by atoms with Gasteiger partial charge < -0.3 is 19.5 Å². The SMILES string of the molecule is O=C(NCCCn1ccnc1)N1CCO[C@@H](c2ccc(F)cc2)C1. The summed E-state index contributed by atoms with van der Waals surface area (Å²) in [6, 6.07) is 6.14. The van der Waals surface area contributed by atoms with Gasteiger partial charge in [-0.25, -0.2) is 14.2 Å². The molecule has 0 radical (unpaired) electrons. The number of imidazole rings is 1. The summed E-state index contributed by atoms with van der Waals surface area (Å²) in [5, 5.41) is 2.93. The zero-order valence-electron chi connectivity index (χ0n) is 13.4. The first kappa shape index (κ1) is 16.4. The van der Waals surface area contributed by atoms with Crippen molar-refractivity contribution < 1.29 is 13.9 Å². The van der Waals surface area contributed by atoms with Crippen molar-refractivity contribution in [3.63, 3.8) is 0 Å². The number of amides is 2. The van der Waals surface area contributed by atoms with E-state index in [1.54, 1.807) is 29.6 Å². The van der Waals surface area contributed by atoms with E-state index in [-0.39, 0.29) is 18.0 Å². The second-order valence-corrected chi connectivity index (χ2v) is 5.74. The minimum absolute atomic E-state index is 0.0870. The van der Waals surface area contributed by atoms with Crippen LogP contribution in [0, 0.1) is 5.82 Å². The lowest BCUT2D eigenvalue weighted by Crippen LogP contribution is -2.47. The van der Waals surface area contributed by atoms with Crippen LogP contribution in [-0.2, 0) is 11.3 Å². The molecule has 7 heteroatoms. The Hall–Kier alpha value is -2.41. The van der Waals surface area contributed by atoms with Crippen molar-refractivity contribution in [2.24, 2.45) is 0 Å². The maximum absolute atomic E-state index is 13.0.